The fraction of sp³-hybridized carbons (Fsp3) is 0.0526. The Labute approximate surface area is 152 Å². The van der Waals surface area contributed by atoms with Crippen molar-refractivity contribution in [2.24, 2.45) is 5.18 Å². The number of halogens is 1. The van der Waals surface area contributed by atoms with Gasteiger partial charge in [-0.2, -0.15) is 0 Å². The molecule has 0 aliphatic carbocycles. The van der Waals surface area contributed by atoms with E-state index >= 15 is 0 Å². The molecule has 0 bridgehead atoms. The summed E-state index contributed by atoms with van der Waals surface area (Å²) in [6.45, 7) is 0. The molecular formula is C19H15BrN2O3. The van der Waals surface area contributed by atoms with Crippen LogP contribution >= 0.6 is 15.9 Å². The van der Waals surface area contributed by atoms with Gasteiger partial charge in [0.05, 0.1) is 12.6 Å². The van der Waals surface area contributed by atoms with Gasteiger partial charge in [-0.1, -0.05) is 40.2 Å². The molecule has 0 saturated carbocycles. The molecule has 0 atom stereocenters. The van der Waals surface area contributed by atoms with Crippen LogP contribution in [0, 0.1) is 4.91 Å². The maximum atomic E-state index is 11.2. The summed E-state index contributed by atoms with van der Waals surface area (Å²) in [5.41, 5.74) is 2.40. The molecule has 5 nitrogen and oxygen atoms in total. The zero-order chi connectivity index (χ0) is 17.8. The van der Waals surface area contributed by atoms with Crippen molar-refractivity contribution in [2.75, 3.05) is 7.11 Å². The first-order valence-electron chi connectivity index (χ1n) is 7.48. The first-order valence-corrected chi connectivity index (χ1v) is 8.27. The molecule has 0 spiro atoms. The smallest absolute Gasteiger partial charge is 0.196 e. The van der Waals surface area contributed by atoms with Gasteiger partial charge in [0.15, 0.2) is 5.88 Å². The topological polar surface area (TPSA) is 74.7 Å². The number of nitroso groups, excluding NO2 is 1. The Morgan fingerprint density at radius 1 is 1.24 bits per heavy atom. The fourth-order valence-corrected chi connectivity index (χ4v) is 2.83. The molecule has 2 N–H and O–H groups in total. The maximum absolute atomic E-state index is 11.2. The number of hydrogen-bond donors (Lipinski definition) is 2. The van der Waals surface area contributed by atoms with E-state index in [1.165, 1.54) is 0 Å². The fourth-order valence-electron chi connectivity index (χ4n) is 2.47. The van der Waals surface area contributed by atoms with E-state index in [4.69, 9.17) is 4.74 Å². The van der Waals surface area contributed by atoms with Crippen molar-refractivity contribution >= 4 is 39.0 Å². The number of aromatic nitrogens is 1. The van der Waals surface area contributed by atoms with E-state index < -0.39 is 0 Å². The standard InChI is InChI=1S/C19H15BrN2O3/c1-25-15-7-3-12(4-8-15)2-6-14(22-24)11-17-16-9-5-13(20)10-18(16)21-19(17)23/h2-11,21,23H,1H3/b6-2+,14-11-. The van der Waals surface area contributed by atoms with Crippen LogP contribution in [0.1, 0.15) is 11.1 Å². The Kier molecular flexibility index (Phi) is 5.00. The summed E-state index contributed by atoms with van der Waals surface area (Å²) in [6, 6.07) is 13.0. The minimum Gasteiger partial charge on any atom is -0.497 e. The number of aromatic hydroxyl groups is 1. The lowest BCUT2D eigenvalue weighted by Gasteiger charge is -1.99. The molecule has 2 aromatic carbocycles. The number of hydrogen-bond acceptors (Lipinski definition) is 4. The summed E-state index contributed by atoms with van der Waals surface area (Å²) < 4.78 is 6.00. The molecule has 0 radical (unpaired) electrons. The van der Waals surface area contributed by atoms with Crippen molar-refractivity contribution < 1.29 is 9.84 Å². The molecular weight excluding hydrogens is 384 g/mol. The van der Waals surface area contributed by atoms with Crippen LogP contribution in [0.2, 0.25) is 0 Å². The second-order valence-corrected chi connectivity index (χ2v) is 6.26. The summed E-state index contributed by atoms with van der Waals surface area (Å²) in [5.74, 6) is 0.753. The molecule has 0 unspecified atom stereocenters. The van der Waals surface area contributed by atoms with Gasteiger partial charge in [0.2, 0.25) is 0 Å². The van der Waals surface area contributed by atoms with Crippen molar-refractivity contribution in [1.82, 2.24) is 4.98 Å². The average molecular weight is 399 g/mol. The van der Waals surface area contributed by atoms with E-state index in [1.807, 2.05) is 42.5 Å². The zero-order valence-electron chi connectivity index (χ0n) is 13.4. The molecule has 0 fully saturated rings. The van der Waals surface area contributed by atoms with E-state index in [1.54, 1.807) is 25.3 Å². The highest BCUT2D eigenvalue weighted by molar-refractivity contribution is 9.10. The van der Waals surface area contributed by atoms with Gasteiger partial charge in [-0.3, -0.25) is 0 Å². The van der Waals surface area contributed by atoms with Gasteiger partial charge in [0.1, 0.15) is 11.4 Å². The van der Waals surface area contributed by atoms with E-state index in [2.05, 4.69) is 26.1 Å². The lowest BCUT2D eigenvalue weighted by atomic mass is 10.1. The molecule has 0 saturated heterocycles. The zero-order valence-corrected chi connectivity index (χ0v) is 14.9. The SMILES string of the molecule is COc1ccc(/C=C/C(=C/c2c(O)[nH]c3cc(Br)ccc23)N=O)cc1. The second kappa shape index (κ2) is 7.36. The normalized spacial score (nSPS) is 12.0. The van der Waals surface area contributed by atoms with E-state index in [9.17, 15) is 10.0 Å². The van der Waals surface area contributed by atoms with Crippen LogP contribution in [0.25, 0.3) is 23.1 Å². The minimum absolute atomic E-state index is 0.00732. The van der Waals surface area contributed by atoms with Gasteiger partial charge in [0.25, 0.3) is 0 Å². The first kappa shape index (κ1) is 17.0. The maximum Gasteiger partial charge on any atom is 0.196 e. The Morgan fingerprint density at radius 3 is 2.68 bits per heavy atom. The summed E-state index contributed by atoms with van der Waals surface area (Å²) in [4.78, 5) is 14.0. The highest BCUT2D eigenvalue weighted by atomic mass is 79.9. The van der Waals surface area contributed by atoms with Crippen molar-refractivity contribution in [3.63, 3.8) is 0 Å². The van der Waals surface area contributed by atoms with Crippen LogP contribution in [-0.4, -0.2) is 17.2 Å². The molecule has 1 heterocycles. The third-order valence-corrected chi connectivity index (χ3v) is 4.23. The predicted molar refractivity (Wildman–Crippen MR) is 103 cm³/mol. The molecule has 3 rings (SSSR count). The first-order chi connectivity index (χ1) is 12.1. The summed E-state index contributed by atoms with van der Waals surface area (Å²) in [6.07, 6.45) is 4.93. The molecule has 3 aromatic rings. The lowest BCUT2D eigenvalue weighted by molar-refractivity contribution is 0.415. The predicted octanol–water partition coefficient (Wildman–Crippen LogP) is 5.47. The van der Waals surface area contributed by atoms with Gasteiger partial charge in [-0.25, -0.2) is 0 Å². The van der Waals surface area contributed by atoms with Crippen molar-refractivity contribution in [3.8, 4) is 11.6 Å². The molecule has 126 valence electrons. The Hall–Kier alpha value is -2.86. The van der Waals surface area contributed by atoms with Crippen LogP contribution in [0.3, 0.4) is 0 Å². The molecule has 1 aromatic heterocycles. The number of rotatable bonds is 5. The highest BCUT2D eigenvalue weighted by Gasteiger charge is 2.10. The molecule has 0 aliphatic rings. The number of nitrogens with zero attached hydrogens (tertiary/aromatic N) is 1. The van der Waals surface area contributed by atoms with Gasteiger partial charge >= 0.3 is 0 Å². The number of methoxy groups -OCH3 is 1. The molecule has 0 amide bonds. The number of aromatic amines is 1. The van der Waals surface area contributed by atoms with Gasteiger partial charge in [0, 0.05) is 15.4 Å². The van der Waals surface area contributed by atoms with E-state index in [0.717, 1.165) is 26.7 Å². The molecule has 25 heavy (non-hydrogen) atoms. The quantitative estimate of drug-likeness (QED) is 0.442. The average Bonchev–Trinajstić information content (AvgIpc) is 2.93. The lowest BCUT2D eigenvalue weighted by Crippen LogP contribution is -1.81. The largest absolute Gasteiger partial charge is 0.497 e. The van der Waals surface area contributed by atoms with Crippen LogP contribution in [0.15, 0.2) is 63.9 Å². The number of nitrogens with one attached hydrogen (secondary N) is 1. The number of fused-ring (bicyclic) bond motifs is 1. The summed E-state index contributed by atoms with van der Waals surface area (Å²) >= 11 is 3.39. The second-order valence-electron chi connectivity index (χ2n) is 5.34. The minimum atomic E-state index is -0.00732. The summed E-state index contributed by atoms with van der Waals surface area (Å²) in [5, 5.41) is 14.0. The Bertz CT molecular complexity index is 972. The number of allylic oxidation sites excluding steroid dienone is 1. The van der Waals surface area contributed by atoms with Crippen molar-refractivity contribution in [2.45, 2.75) is 0 Å². The van der Waals surface area contributed by atoms with Crippen LogP contribution < -0.4 is 4.74 Å². The van der Waals surface area contributed by atoms with E-state index in [0.29, 0.717) is 5.56 Å². The number of benzene rings is 2. The number of H-pyrrole nitrogens is 1. The van der Waals surface area contributed by atoms with Crippen LogP contribution in [0.4, 0.5) is 0 Å². The van der Waals surface area contributed by atoms with Crippen LogP contribution in [-0.2, 0) is 0 Å². The van der Waals surface area contributed by atoms with Gasteiger partial charge in [-0.15, -0.1) is 4.91 Å². The van der Waals surface area contributed by atoms with Gasteiger partial charge in [-0.05, 0) is 47.2 Å². The summed E-state index contributed by atoms with van der Waals surface area (Å²) in [7, 11) is 1.61. The highest BCUT2D eigenvalue weighted by Crippen LogP contribution is 2.31. The van der Waals surface area contributed by atoms with Gasteiger partial charge < -0.3 is 14.8 Å². The van der Waals surface area contributed by atoms with Crippen molar-refractivity contribution in [3.05, 3.63) is 74.7 Å². The molecule has 0 aliphatic heterocycles. The Morgan fingerprint density at radius 2 is 2.00 bits per heavy atom. The van der Waals surface area contributed by atoms with E-state index in [-0.39, 0.29) is 11.6 Å². The monoisotopic (exact) mass is 398 g/mol. The third-order valence-electron chi connectivity index (χ3n) is 3.74. The van der Waals surface area contributed by atoms with Crippen molar-refractivity contribution in [1.29, 1.82) is 0 Å². The number of ether oxygens (including phenoxy) is 1. The third kappa shape index (κ3) is 3.80. The molecule has 6 heteroatoms. The van der Waals surface area contributed by atoms with Crippen LogP contribution in [0.5, 0.6) is 11.6 Å². The Balaban J connectivity index is 1.93.